The third kappa shape index (κ3) is 4.45. The van der Waals surface area contributed by atoms with E-state index in [0.29, 0.717) is 29.9 Å². The van der Waals surface area contributed by atoms with Gasteiger partial charge in [0.1, 0.15) is 17.5 Å². The Balaban J connectivity index is 1.81. The van der Waals surface area contributed by atoms with Gasteiger partial charge in [-0.2, -0.15) is 0 Å². The second-order valence-corrected chi connectivity index (χ2v) is 6.93. The second-order valence-electron chi connectivity index (χ2n) is 6.93. The fourth-order valence-electron chi connectivity index (χ4n) is 3.23. The third-order valence-corrected chi connectivity index (χ3v) is 4.97. The van der Waals surface area contributed by atoms with Crippen LogP contribution in [0.15, 0.2) is 66.7 Å². The van der Waals surface area contributed by atoms with Crippen LogP contribution >= 0.6 is 0 Å². The van der Waals surface area contributed by atoms with Gasteiger partial charge in [0.25, 0.3) is 0 Å². The largest absolute Gasteiger partial charge is 0.405 e. The maximum Gasteiger partial charge on any atom is 0.316 e. The SMILES string of the molecule is C=C(/C(F)=C\C=C/N)C1(Nc2ccc(-c3cc(NC(N)=O)ccc3F)nn2)CCC1. The molecule has 156 valence electrons. The molecule has 0 aliphatic heterocycles. The zero-order valence-electron chi connectivity index (χ0n) is 16.2. The lowest BCUT2D eigenvalue weighted by Crippen LogP contribution is -2.47. The first-order chi connectivity index (χ1) is 14.3. The molecule has 1 aliphatic carbocycles. The average molecular weight is 412 g/mol. The summed E-state index contributed by atoms with van der Waals surface area (Å²) in [6.45, 7) is 3.88. The van der Waals surface area contributed by atoms with Gasteiger partial charge >= 0.3 is 6.03 Å². The first kappa shape index (κ1) is 21.0. The minimum atomic E-state index is -0.757. The van der Waals surface area contributed by atoms with Gasteiger partial charge in [-0.1, -0.05) is 6.58 Å². The maximum atomic E-state index is 14.4. The van der Waals surface area contributed by atoms with Crippen molar-refractivity contribution in [3.8, 4) is 11.3 Å². The summed E-state index contributed by atoms with van der Waals surface area (Å²) in [5.41, 5.74) is 10.8. The monoisotopic (exact) mass is 412 g/mol. The van der Waals surface area contributed by atoms with Crippen LogP contribution in [0.5, 0.6) is 0 Å². The van der Waals surface area contributed by atoms with E-state index in [9.17, 15) is 13.6 Å². The number of halogens is 2. The Kier molecular flexibility index (Phi) is 6.10. The van der Waals surface area contributed by atoms with Crippen LogP contribution < -0.4 is 22.1 Å². The van der Waals surface area contributed by atoms with Gasteiger partial charge in [0, 0.05) is 16.8 Å². The zero-order chi connectivity index (χ0) is 21.7. The molecule has 1 fully saturated rings. The number of nitrogens with two attached hydrogens (primary N) is 2. The molecule has 1 heterocycles. The van der Waals surface area contributed by atoms with Crippen molar-refractivity contribution in [2.45, 2.75) is 24.8 Å². The van der Waals surface area contributed by atoms with Crippen LogP contribution in [0.1, 0.15) is 19.3 Å². The normalized spacial score (nSPS) is 15.5. The van der Waals surface area contributed by atoms with E-state index in [1.54, 1.807) is 12.1 Å². The summed E-state index contributed by atoms with van der Waals surface area (Å²) < 4.78 is 28.6. The molecule has 1 aliphatic rings. The summed E-state index contributed by atoms with van der Waals surface area (Å²) in [7, 11) is 0. The lowest BCUT2D eigenvalue weighted by molar-refractivity contribution is 0.259. The fourth-order valence-corrected chi connectivity index (χ4v) is 3.23. The van der Waals surface area contributed by atoms with Crippen molar-refractivity contribution in [1.29, 1.82) is 0 Å². The predicted octanol–water partition coefficient (Wildman–Crippen LogP) is 3.99. The van der Waals surface area contributed by atoms with Gasteiger partial charge in [0.15, 0.2) is 0 Å². The minimum absolute atomic E-state index is 0.158. The molecule has 0 unspecified atom stereocenters. The molecule has 0 bridgehead atoms. The number of primary amides is 1. The first-order valence-corrected chi connectivity index (χ1v) is 9.27. The van der Waals surface area contributed by atoms with E-state index in [-0.39, 0.29) is 11.3 Å². The molecule has 0 saturated heterocycles. The van der Waals surface area contributed by atoms with Crippen molar-refractivity contribution in [2.75, 3.05) is 10.6 Å². The highest BCUT2D eigenvalue weighted by Crippen LogP contribution is 2.43. The van der Waals surface area contributed by atoms with Gasteiger partial charge in [0.2, 0.25) is 0 Å². The Hall–Kier alpha value is -3.75. The molecular formula is C21H22F2N6O. The number of aromatic nitrogens is 2. The van der Waals surface area contributed by atoms with Gasteiger partial charge in [-0.25, -0.2) is 13.6 Å². The molecule has 1 saturated carbocycles. The lowest BCUT2D eigenvalue weighted by atomic mass is 9.71. The number of hydrogen-bond donors (Lipinski definition) is 4. The highest BCUT2D eigenvalue weighted by atomic mass is 19.1. The molecule has 1 aromatic heterocycles. The number of anilines is 2. The number of carbonyl (C=O) groups excluding carboxylic acids is 1. The van der Waals surface area contributed by atoms with Crippen LogP contribution in [-0.2, 0) is 0 Å². The summed E-state index contributed by atoms with van der Waals surface area (Å²) in [6, 6.07) is 6.46. The third-order valence-electron chi connectivity index (χ3n) is 4.97. The first-order valence-electron chi connectivity index (χ1n) is 9.27. The van der Waals surface area contributed by atoms with Gasteiger partial charge in [0.05, 0.1) is 11.2 Å². The summed E-state index contributed by atoms with van der Waals surface area (Å²) in [6.07, 6.45) is 6.20. The van der Waals surface area contributed by atoms with Gasteiger partial charge in [-0.05, 0) is 67.9 Å². The summed E-state index contributed by atoms with van der Waals surface area (Å²) in [5, 5.41) is 13.8. The smallest absolute Gasteiger partial charge is 0.316 e. The van der Waals surface area contributed by atoms with E-state index in [1.807, 2.05) is 0 Å². The molecule has 0 atom stereocenters. The van der Waals surface area contributed by atoms with E-state index < -0.39 is 23.2 Å². The van der Waals surface area contributed by atoms with E-state index in [0.717, 1.165) is 6.42 Å². The lowest BCUT2D eigenvalue weighted by Gasteiger charge is -2.44. The van der Waals surface area contributed by atoms with Crippen LogP contribution in [-0.4, -0.2) is 21.8 Å². The van der Waals surface area contributed by atoms with Crippen molar-refractivity contribution in [1.82, 2.24) is 10.2 Å². The molecule has 9 heteroatoms. The zero-order valence-corrected chi connectivity index (χ0v) is 16.2. The Morgan fingerprint density at radius 1 is 1.23 bits per heavy atom. The molecule has 1 aromatic carbocycles. The number of allylic oxidation sites excluding steroid dienone is 2. The highest BCUT2D eigenvalue weighted by molar-refractivity contribution is 5.88. The molecule has 2 aromatic rings. The van der Waals surface area contributed by atoms with E-state index >= 15 is 0 Å². The summed E-state index contributed by atoms with van der Waals surface area (Å²) >= 11 is 0. The number of hydrogen-bond acceptors (Lipinski definition) is 5. The minimum Gasteiger partial charge on any atom is -0.405 e. The number of nitrogens with zero attached hydrogens (tertiary/aromatic N) is 2. The van der Waals surface area contributed by atoms with Crippen LogP contribution in [0, 0.1) is 5.82 Å². The number of nitrogens with one attached hydrogen (secondary N) is 2. The number of urea groups is 1. The molecule has 7 nitrogen and oxygen atoms in total. The van der Waals surface area contributed by atoms with Crippen LogP contribution in [0.25, 0.3) is 11.3 Å². The Morgan fingerprint density at radius 2 is 2.00 bits per heavy atom. The summed E-state index contributed by atoms with van der Waals surface area (Å²) in [4.78, 5) is 11.0. The number of amides is 2. The number of rotatable bonds is 7. The number of carbonyl (C=O) groups is 1. The number of benzene rings is 1. The highest BCUT2D eigenvalue weighted by Gasteiger charge is 2.41. The van der Waals surface area contributed by atoms with E-state index in [4.69, 9.17) is 11.5 Å². The molecular weight excluding hydrogens is 390 g/mol. The predicted molar refractivity (Wildman–Crippen MR) is 112 cm³/mol. The van der Waals surface area contributed by atoms with E-state index in [1.165, 1.54) is 36.6 Å². The van der Waals surface area contributed by atoms with Crippen LogP contribution in [0.3, 0.4) is 0 Å². The average Bonchev–Trinajstić information content (AvgIpc) is 2.70. The van der Waals surface area contributed by atoms with Crippen molar-refractivity contribution in [2.24, 2.45) is 11.5 Å². The Bertz CT molecular complexity index is 1010. The topological polar surface area (TPSA) is 119 Å². The molecule has 0 spiro atoms. The van der Waals surface area contributed by atoms with Crippen molar-refractivity contribution in [3.63, 3.8) is 0 Å². The van der Waals surface area contributed by atoms with Gasteiger partial charge < -0.3 is 22.1 Å². The Labute approximate surface area is 172 Å². The maximum absolute atomic E-state index is 14.4. The second kappa shape index (κ2) is 8.73. The van der Waals surface area contributed by atoms with Gasteiger partial charge in [-0.3, -0.25) is 0 Å². The van der Waals surface area contributed by atoms with Crippen molar-refractivity contribution >= 4 is 17.5 Å². The standard InChI is InChI=1S/C21H22F2N6O/c1-13(16(22)4-2-11-24)21(9-3-10-21)27-19-8-7-18(28-29-19)15-12-14(26-20(25)30)5-6-17(15)23/h2,4-8,11-12H,1,3,9-10,24H2,(H,27,29)(H3,25,26,30)/b11-2-,16-4+. The van der Waals surface area contributed by atoms with Crippen molar-refractivity contribution < 1.29 is 13.6 Å². The fraction of sp³-hybridized carbons (Fsp3) is 0.190. The van der Waals surface area contributed by atoms with E-state index in [2.05, 4.69) is 27.4 Å². The molecule has 3 rings (SSSR count). The molecule has 2 amide bonds. The van der Waals surface area contributed by atoms with Crippen LogP contribution in [0.4, 0.5) is 25.1 Å². The summed E-state index contributed by atoms with van der Waals surface area (Å²) in [5.74, 6) is -0.577. The van der Waals surface area contributed by atoms with Crippen molar-refractivity contribution in [3.05, 3.63) is 72.5 Å². The molecule has 30 heavy (non-hydrogen) atoms. The quantitative estimate of drug-likeness (QED) is 0.513. The van der Waals surface area contributed by atoms with Crippen LogP contribution in [0.2, 0.25) is 0 Å². The molecule has 0 radical (unpaired) electrons. The van der Waals surface area contributed by atoms with Gasteiger partial charge in [-0.15, -0.1) is 10.2 Å². The molecule has 6 N–H and O–H groups in total. The Morgan fingerprint density at radius 3 is 2.57 bits per heavy atom.